The van der Waals surface area contributed by atoms with Crippen molar-refractivity contribution < 1.29 is 4.74 Å². The Kier molecular flexibility index (Phi) is 3.10. The molecule has 3 nitrogen and oxygen atoms in total. The second-order valence-corrected chi connectivity index (χ2v) is 4.90. The summed E-state index contributed by atoms with van der Waals surface area (Å²) in [4.78, 5) is 2.43. The van der Waals surface area contributed by atoms with E-state index in [9.17, 15) is 0 Å². The van der Waals surface area contributed by atoms with Gasteiger partial charge in [-0.3, -0.25) is 4.90 Å². The lowest BCUT2D eigenvalue weighted by Crippen LogP contribution is -2.60. The van der Waals surface area contributed by atoms with Crippen molar-refractivity contribution in [2.24, 2.45) is 5.73 Å². The highest BCUT2D eigenvalue weighted by Gasteiger charge is 2.36. The fraction of sp³-hybridized carbons (Fsp3) is 1.00. The number of likely N-dealkylation sites (tertiary alicyclic amines) is 1. The first-order valence-corrected chi connectivity index (χ1v) is 5.77. The minimum absolute atomic E-state index is 0.151. The molecule has 1 heterocycles. The van der Waals surface area contributed by atoms with Crippen LogP contribution in [0.2, 0.25) is 0 Å². The van der Waals surface area contributed by atoms with Gasteiger partial charge >= 0.3 is 0 Å². The average Bonchev–Trinajstić information content (AvgIpc) is 2.17. The van der Waals surface area contributed by atoms with Crippen LogP contribution in [-0.4, -0.2) is 43.3 Å². The quantitative estimate of drug-likeness (QED) is 0.734. The van der Waals surface area contributed by atoms with Crippen molar-refractivity contribution in [3.63, 3.8) is 0 Å². The Morgan fingerprint density at radius 3 is 2.43 bits per heavy atom. The predicted molar refractivity (Wildman–Crippen MR) is 57.2 cm³/mol. The molecular formula is C11H22N2O. The SMILES string of the molecule is COC1(CN2CC(N)C2)CCCCC1. The maximum Gasteiger partial charge on any atom is 0.0805 e. The van der Waals surface area contributed by atoms with Crippen LogP contribution in [0.3, 0.4) is 0 Å². The molecule has 2 fully saturated rings. The monoisotopic (exact) mass is 198 g/mol. The van der Waals surface area contributed by atoms with Crippen molar-refractivity contribution in [3.05, 3.63) is 0 Å². The van der Waals surface area contributed by atoms with Crippen molar-refractivity contribution in [2.45, 2.75) is 43.7 Å². The highest BCUT2D eigenvalue weighted by atomic mass is 16.5. The van der Waals surface area contributed by atoms with Crippen LogP contribution in [-0.2, 0) is 4.74 Å². The van der Waals surface area contributed by atoms with Gasteiger partial charge in [0.1, 0.15) is 0 Å². The molecule has 0 atom stereocenters. The van der Waals surface area contributed by atoms with Crippen LogP contribution in [0.1, 0.15) is 32.1 Å². The van der Waals surface area contributed by atoms with Crippen LogP contribution in [0.4, 0.5) is 0 Å². The summed E-state index contributed by atoms with van der Waals surface area (Å²) in [6.07, 6.45) is 6.50. The number of hydrogen-bond donors (Lipinski definition) is 1. The molecule has 2 aliphatic rings. The zero-order chi connectivity index (χ0) is 10.0. The van der Waals surface area contributed by atoms with E-state index in [1.54, 1.807) is 0 Å². The lowest BCUT2D eigenvalue weighted by molar-refractivity contribution is -0.0742. The molecule has 3 heteroatoms. The smallest absolute Gasteiger partial charge is 0.0805 e. The lowest BCUT2D eigenvalue weighted by Gasteiger charge is -2.45. The zero-order valence-electron chi connectivity index (χ0n) is 9.17. The van der Waals surface area contributed by atoms with Crippen molar-refractivity contribution >= 4 is 0 Å². The molecule has 2 rings (SSSR count). The molecule has 0 bridgehead atoms. The number of nitrogens with zero attached hydrogens (tertiary/aromatic N) is 1. The van der Waals surface area contributed by atoms with Gasteiger partial charge in [-0.15, -0.1) is 0 Å². The van der Waals surface area contributed by atoms with Gasteiger partial charge in [0, 0.05) is 32.8 Å². The summed E-state index contributed by atoms with van der Waals surface area (Å²) in [7, 11) is 1.87. The van der Waals surface area contributed by atoms with E-state index in [4.69, 9.17) is 10.5 Å². The number of ether oxygens (including phenoxy) is 1. The molecule has 0 aromatic carbocycles. The molecule has 0 unspecified atom stereocenters. The van der Waals surface area contributed by atoms with Gasteiger partial charge in [-0.05, 0) is 12.8 Å². The van der Waals surface area contributed by atoms with E-state index >= 15 is 0 Å². The highest BCUT2D eigenvalue weighted by Crippen LogP contribution is 2.32. The normalized spacial score (nSPS) is 28.7. The van der Waals surface area contributed by atoms with Crippen molar-refractivity contribution in [1.82, 2.24) is 4.90 Å². The van der Waals surface area contributed by atoms with E-state index in [1.807, 2.05) is 7.11 Å². The van der Waals surface area contributed by atoms with Crippen molar-refractivity contribution in [1.29, 1.82) is 0 Å². The third-order valence-corrected chi connectivity index (χ3v) is 3.69. The van der Waals surface area contributed by atoms with Crippen LogP contribution in [0.25, 0.3) is 0 Å². The Morgan fingerprint density at radius 2 is 1.93 bits per heavy atom. The topological polar surface area (TPSA) is 38.5 Å². The van der Waals surface area contributed by atoms with E-state index < -0.39 is 0 Å². The summed E-state index contributed by atoms with van der Waals surface area (Å²) in [5, 5.41) is 0. The van der Waals surface area contributed by atoms with E-state index in [-0.39, 0.29) is 5.60 Å². The molecule has 1 saturated carbocycles. The molecule has 0 amide bonds. The number of methoxy groups -OCH3 is 1. The van der Waals surface area contributed by atoms with E-state index in [0.717, 1.165) is 19.6 Å². The van der Waals surface area contributed by atoms with Gasteiger partial charge in [0.15, 0.2) is 0 Å². The van der Waals surface area contributed by atoms with Crippen LogP contribution >= 0.6 is 0 Å². The van der Waals surface area contributed by atoms with Crippen LogP contribution < -0.4 is 5.73 Å². The van der Waals surface area contributed by atoms with Gasteiger partial charge in [-0.25, -0.2) is 0 Å². The lowest BCUT2D eigenvalue weighted by atomic mass is 9.83. The first-order chi connectivity index (χ1) is 6.74. The summed E-state index contributed by atoms with van der Waals surface area (Å²) in [5.41, 5.74) is 5.93. The third-order valence-electron chi connectivity index (χ3n) is 3.69. The third kappa shape index (κ3) is 2.10. The van der Waals surface area contributed by atoms with E-state index in [0.29, 0.717) is 6.04 Å². The number of nitrogens with two attached hydrogens (primary N) is 1. The fourth-order valence-corrected chi connectivity index (χ4v) is 2.77. The van der Waals surface area contributed by atoms with Crippen LogP contribution in [0.15, 0.2) is 0 Å². The second-order valence-electron chi connectivity index (χ2n) is 4.90. The average molecular weight is 198 g/mol. The molecule has 0 aromatic heterocycles. The zero-order valence-corrected chi connectivity index (χ0v) is 9.17. The van der Waals surface area contributed by atoms with E-state index in [1.165, 1.54) is 32.1 Å². The Balaban J connectivity index is 1.85. The fourth-order valence-electron chi connectivity index (χ4n) is 2.77. The molecule has 82 valence electrons. The summed E-state index contributed by atoms with van der Waals surface area (Å²) in [6.45, 7) is 3.22. The summed E-state index contributed by atoms with van der Waals surface area (Å²) < 4.78 is 5.74. The molecule has 2 N–H and O–H groups in total. The Labute approximate surface area is 86.6 Å². The Bertz CT molecular complexity index is 184. The van der Waals surface area contributed by atoms with Gasteiger partial charge in [0.2, 0.25) is 0 Å². The minimum Gasteiger partial charge on any atom is -0.377 e. The maximum absolute atomic E-state index is 5.78. The highest BCUT2D eigenvalue weighted by molar-refractivity contribution is 4.92. The minimum atomic E-state index is 0.151. The van der Waals surface area contributed by atoms with Crippen molar-refractivity contribution in [2.75, 3.05) is 26.7 Å². The Morgan fingerprint density at radius 1 is 1.29 bits per heavy atom. The van der Waals surface area contributed by atoms with Gasteiger partial charge in [-0.1, -0.05) is 19.3 Å². The predicted octanol–water partition coefficient (Wildman–Crippen LogP) is 0.979. The molecule has 0 radical (unpaired) electrons. The van der Waals surface area contributed by atoms with Gasteiger partial charge in [-0.2, -0.15) is 0 Å². The van der Waals surface area contributed by atoms with Gasteiger partial charge < -0.3 is 10.5 Å². The summed E-state index contributed by atoms with van der Waals surface area (Å²) in [5.74, 6) is 0. The second kappa shape index (κ2) is 4.17. The van der Waals surface area contributed by atoms with Gasteiger partial charge in [0.25, 0.3) is 0 Å². The molecule has 0 spiro atoms. The first-order valence-electron chi connectivity index (χ1n) is 5.77. The van der Waals surface area contributed by atoms with Crippen molar-refractivity contribution in [3.8, 4) is 0 Å². The number of rotatable bonds is 3. The van der Waals surface area contributed by atoms with Crippen LogP contribution in [0.5, 0.6) is 0 Å². The van der Waals surface area contributed by atoms with Gasteiger partial charge in [0.05, 0.1) is 5.60 Å². The molecular weight excluding hydrogens is 176 g/mol. The summed E-state index contributed by atoms with van der Waals surface area (Å²) >= 11 is 0. The number of hydrogen-bond acceptors (Lipinski definition) is 3. The standard InChI is InChI=1S/C11H22N2O/c1-14-11(5-3-2-4-6-11)9-13-7-10(12)8-13/h10H,2-9,12H2,1H3. The largest absolute Gasteiger partial charge is 0.377 e. The summed E-state index contributed by atoms with van der Waals surface area (Å²) in [6, 6.07) is 0.410. The van der Waals surface area contributed by atoms with E-state index in [2.05, 4.69) is 4.90 Å². The molecule has 1 aliphatic carbocycles. The van der Waals surface area contributed by atoms with Crippen LogP contribution in [0, 0.1) is 0 Å². The maximum atomic E-state index is 5.78. The first kappa shape index (κ1) is 10.4. The Hall–Kier alpha value is -0.120. The molecule has 1 saturated heterocycles. The molecule has 1 aliphatic heterocycles. The molecule has 14 heavy (non-hydrogen) atoms. The molecule has 0 aromatic rings.